The van der Waals surface area contributed by atoms with Gasteiger partial charge in [-0.1, -0.05) is 6.42 Å². The molecule has 0 saturated heterocycles. The van der Waals surface area contributed by atoms with Gasteiger partial charge in [0.25, 0.3) is 5.91 Å². The molecular weight excluding hydrogens is 426 g/mol. The fourth-order valence-corrected chi connectivity index (χ4v) is 3.87. The highest BCUT2D eigenvalue weighted by Crippen LogP contribution is 2.41. The molecule has 8 heteroatoms. The van der Waals surface area contributed by atoms with Crippen molar-refractivity contribution in [1.29, 1.82) is 0 Å². The van der Waals surface area contributed by atoms with Crippen LogP contribution < -0.4 is 24.3 Å². The number of unbranched alkanes of at least 4 members (excludes halogenated alkanes) is 2. The van der Waals surface area contributed by atoms with Gasteiger partial charge in [-0.05, 0) is 64.7 Å². The second kappa shape index (κ2) is 10.8. The van der Waals surface area contributed by atoms with Gasteiger partial charge in [0.05, 0.1) is 28.4 Å². The maximum absolute atomic E-state index is 13.1. The van der Waals surface area contributed by atoms with Crippen LogP contribution in [0.15, 0.2) is 30.3 Å². The number of carboxylic acid groups (broad SMARTS) is 1. The van der Waals surface area contributed by atoms with Crippen molar-refractivity contribution >= 4 is 33.4 Å². The normalized spacial score (nSPS) is 10.8. The molecule has 3 aromatic carbocycles. The number of aliphatic carboxylic acids is 1. The smallest absolute Gasteiger partial charge is 0.303 e. The Bertz CT molecular complexity index is 1170. The van der Waals surface area contributed by atoms with Crippen molar-refractivity contribution in [3.63, 3.8) is 0 Å². The molecule has 1 amide bonds. The Labute approximate surface area is 192 Å². The largest absolute Gasteiger partial charge is 0.493 e. The second-order valence-corrected chi connectivity index (χ2v) is 7.57. The van der Waals surface area contributed by atoms with Crippen molar-refractivity contribution in [2.45, 2.75) is 25.7 Å². The lowest BCUT2D eigenvalue weighted by atomic mass is 9.95. The van der Waals surface area contributed by atoms with E-state index in [1.165, 1.54) is 0 Å². The molecule has 0 aliphatic carbocycles. The number of ether oxygens (including phenoxy) is 4. The lowest BCUT2D eigenvalue weighted by Crippen LogP contribution is -2.24. The maximum atomic E-state index is 13.1. The second-order valence-electron chi connectivity index (χ2n) is 7.57. The standard InChI is InChI=1S/C25H29NO7/c1-30-20-11-15-10-19(25(29)26-9-7-5-6-8-24(27)28)18-14-23(33-4)22(32-3)13-17(18)16(15)12-21(20)31-2/h10-14H,5-9H2,1-4H3,(H,26,29)(H,27,28). The van der Waals surface area contributed by atoms with Crippen LogP contribution in [0, 0.1) is 0 Å². The molecule has 8 nitrogen and oxygen atoms in total. The summed E-state index contributed by atoms with van der Waals surface area (Å²) in [5, 5.41) is 14.9. The molecule has 0 saturated carbocycles. The number of fused-ring (bicyclic) bond motifs is 3. The van der Waals surface area contributed by atoms with Crippen molar-refractivity contribution in [2.24, 2.45) is 0 Å². The predicted octanol–water partition coefficient (Wildman–Crippen LogP) is 4.40. The Balaban J connectivity index is 2.04. The Hall–Kier alpha value is -3.68. The summed E-state index contributed by atoms with van der Waals surface area (Å²) in [6.07, 6.45) is 2.15. The predicted molar refractivity (Wildman–Crippen MR) is 126 cm³/mol. The van der Waals surface area contributed by atoms with E-state index < -0.39 is 5.97 Å². The molecule has 0 heterocycles. The Morgan fingerprint density at radius 2 is 1.27 bits per heavy atom. The summed E-state index contributed by atoms with van der Waals surface area (Å²) in [7, 11) is 6.26. The van der Waals surface area contributed by atoms with Crippen LogP contribution in [0.1, 0.15) is 36.0 Å². The van der Waals surface area contributed by atoms with Gasteiger partial charge >= 0.3 is 5.97 Å². The molecule has 0 aliphatic heterocycles. The Morgan fingerprint density at radius 1 is 0.727 bits per heavy atom. The van der Waals surface area contributed by atoms with E-state index in [9.17, 15) is 9.59 Å². The summed E-state index contributed by atoms with van der Waals surface area (Å²) in [4.78, 5) is 23.8. The quantitative estimate of drug-likeness (QED) is 0.326. The third kappa shape index (κ3) is 5.22. The number of benzene rings is 3. The van der Waals surface area contributed by atoms with Crippen molar-refractivity contribution in [2.75, 3.05) is 35.0 Å². The highest BCUT2D eigenvalue weighted by atomic mass is 16.5. The summed E-state index contributed by atoms with van der Waals surface area (Å²) in [5.74, 6) is 1.19. The number of hydrogen-bond donors (Lipinski definition) is 2. The molecule has 0 atom stereocenters. The Morgan fingerprint density at radius 3 is 1.85 bits per heavy atom. The van der Waals surface area contributed by atoms with Crippen molar-refractivity contribution in [3.8, 4) is 23.0 Å². The first kappa shape index (κ1) is 24.0. The maximum Gasteiger partial charge on any atom is 0.303 e. The van der Waals surface area contributed by atoms with E-state index in [1.807, 2.05) is 24.3 Å². The fourth-order valence-electron chi connectivity index (χ4n) is 3.87. The first-order valence-corrected chi connectivity index (χ1v) is 10.7. The zero-order valence-corrected chi connectivity index (χ0v) is 19.3. The van der Waals surface area contributed by atoms with Crippen LogP contribution in [-0.4, -0.2) is 52.0 Å². The van der Waals surface area contributed by atoms with Gasteiger partial charge < -0.3 is 29.4 Å². The molecule has 33 heavy (non-hydrogen) atoms. The zero-order valence-electron chi connectivity index (χ0n) is 19.3. The number of nitrogens with one attached hydrogen (secondary N) is 1. The van der Waals surface area contributed by atoms with E-state index in [0.717, 1.165) is 28.0 Å². The van der Waals surface area contributed by atoms with Gasteiger partial charge in [-0.15, -0.1) is 0 Å². The van der Waals surface area contributed by atoms with Crippen molar-refractivity contribution < 1.29 is 33.6 Å². The van der Waals surface area contributed by atoms with Gasteiger partial charge in [0, 0.05) is 18.5 Å². The third-order valence-corrected chi connectivity index (χ3v) is 5.56. The van der Waals surface area contributed by atoms with Crippen molar-refractivity contribution in [1.82, 2.24) is 5.32 Å². The van der Waals surface area contributed by atoms with E-state index in [4.69, 9.17) is 24.1 Å². The molecular formula is C25H29NO7. The first-order valence-electron chi connectivity index (χ1n) is 10.7. The minimum atomic E-state index is -0.807. The molecule has 0 bridgehead atoms. The first-order chi connectivity index (χ1) is 15.9. The van der Waals surface area contributed by atoms with Crippen LogP contribution in [0.2, 0.25) is 0 Å². The van der Waals surface area contributed by atoms with E-state index >= 15 is 0 Å². The van der Waals surface area contributed by atoms with E-state index in [-0.39, 0.29) is 12.3 Å². The number of methoxy groups -OCH3 is 4. The number of amides is 1. The lowest BCUT2D eigenvalue weighted by Gasteiger charge is -2.16. The van der Waals surface area contributed by atoms with Gasteiger partial charge in [-0.3, -0.25) is 9.59 Å². The molecule has 0 fully saturated rings. The number of carbonyl (C=O) groups is 2. The lowest BCUT2D eigenvalue weighted by molar-refractivity contribution is -0.137. The van der Waals surface area contributed by atoms with Gasteiger partial charge in [0.1, 0.15) is 0 Å². The number of carboxylic acids is 1. The fraction of sp³-hybridized carbons (Fsp3) is 0.360. The average molecular weight is 456 g/mol. The van der Waals surface area contributed by atoms with Crippen LogP contribution >= 0.6 is 0 Å². The number of rotatable bonds is 11. The molecule has 3 aromatic rings. The molecule has 0 spiro atoms. The SMILES string of the molecule is COc1cc2cc(C(=O)NCCCCCC(=O)O)c3cc(OC)c(OC)cc3c2cc1OC. The Kier molecular flexibility index (Phi) is 7.82. The van der Waals surface area contributed by atoms with Crippen LogP contribution in [0.25, 0.3) is 21.5 Å². The summed E-state index contributed by atoms with van der Waals surface area (Å²) in [5.41, 5.74) is 0.496. The van der Waals surface area contributed by atoms with Gasteiger partial charge in [-0.25, -0.2) is 0 Å². The molecule has 0 radical (unpaired) electrons. The van der Waals surface area contributed by atoms with Crippen LogP contribution in [0.5, 0.6) is 23.0 Å². The topological polar surface area (TPSA) is 103 Å². The van der Waals surface area contributed by atoms with E-state index in [2.05, 4.69) is 5.32 Å². The number of hydrogen-bond acceptors (Lipinski definition) is 6. The van der Waals surface area contributed by atoms with E-state index in [1.54, 1.807) is 34.5 Å². The monoisotopic (exact) mass is 455 g/mol. The molecule has 0 aromatic heterocycles. The number of carbonyl (C=O) groups excluding carboxylic acids is 1. The van der Waals surface area contributed by atoms with Crippen molar-refractivity contribution in [3.05, 3.63) is 35.9 Å². The molecule has 0 unspecified atom stereocenters. The van der Waals surface area contributed by atoms with Crippen LogP contribution in [0.4, 0.5) is 0 Å². The van der Waals surface area contributed by atoms with E-state index in [0.29, 0.717) is 47.9 Å². The highest BCUT2D eigenvalue weighted by Gasteiger charge is 2.18. The van der Waals surface area contributed by atoms with Gasteiger partial charge in [0.15, 0.2) is 23.0 Å². The zero-order chi connectivity index (χ0) is 24.0. The summed E-state index contributed by atoms with van der Waals surface area (Å²) in [6.45, 7) is 0.456. The van der Waals surface area contributed by atoms with Gasteiger partial charge in [0.2, 0.25) is 0 Å². The average Bonchev–Trinajstić information content (AvgIpc) is 2.83. The van der Waals surface area contributed by atoms with Crippen LogP contribution in [0.3, 0.4) is 0 Å². The molecule has 176 valence electrons. The third-order valence-electron chi connectivity index (χ3n) is 5.56. The minimum Gasteiger partial charge on any atom is -0.493 e. The van der Waals surface area contributed by atoms with Crippen LogP contribution in [-0.2, 0) is 4.79 Å². The highest BCUT2D eigenvalue weighted by molar-refractivity contribution is 6.18. The summed E-state index contributed by atoms with van der Waals surface area (Å²) < 4.78 is 21.9. The molecule has 0 aliphatic rings. The van der Waals surface area contributed by atoms with Gasteiger partial charge in [-0.2, -0.15) is 0 Å². The molecule has 2 N–H and O–H groups in total. The summed E-state index contributed by atoms with van der Waals surface area (Å²) >= 11 is 0. The molecule has 3 rings (SSSR count). The summed E-state index contributed by atoms with van der Waals surface area (Å²) in [6, 6.07) is 9.20. The minimum absolute atomic E-state index is 0.135.